The van der Waals surface area contributed by atoms with Crippen molar-refractivity contribution < 1.29 is 8.42 Å². The molecule has 0 aliphatic heterocycles. The Kier molecular flexibility index (Phi) is 2.85. The fourth-order valence-corrected chi connectivity index (χ4v) is 2.15. The molecule has 0 bridgehead atoms. The largest absolute Gasteiger partial charge is 0.397 e. The topological polar surface area (TPSA) is 73.0 Å². The lowest BCUT2D eigenvalue weighted by Gasteiger charge is -2.05. The van der Waals surface area contributed by atoms with Crippen LogP contribution in [-0.2, 0) is 9.84 Å². The number of aromatic nitrogens is 1. The molecule has 0 saturated carbocycles. The molecule has 1 aromatic carbocycles. The third-order valence-corrected chi connectivity index (χ3v) is 3.52. The van der Waals surface area contributed by atoms with Crippen LogP contribution in [0.2, 0.25) is 0 Å². The van der Waals surface area contributed by atoms with Crippen molar-refractivity contribution in [2.75, 3.05) is 12.0 Å². The van der Waals surface area contributed by atoms with Crippen LogP contribution in [-0.4, -0.2) is 19.7 Å². The van der Waals surface area contributed by atoms with Crippen molar-refractivity contribution in [3.05, 3.63) is 42.6 Å². The van der Waals surface area contributed by atoms with E-state index in [4.69, 9.17) is 5.73 Å². The Morgan fingerprint density at radius 1 is 1.12 bits per heavy atom. The summed E-state index contributed by atoms with van der Waals surface area (Å²) < 4.78 is 22.6. The minimum atomic E-state index is -3.16. The Morgan fingerprint density at radius 2 is 1.76 bits per heavy atom. The summed E-state index contributed by atoms with van der Waals surface area (Å²) in [7, 11) is -3.16. The van der Waals surface area contributed by atoms with Crippen molar-refractivity contribution >= 4 is 15.5 Å². The smallest absolute Gasteiger partial charge is 0.175 e. The second-order valence-electron chi connectivity index (χ2n) is 3.74. The lowest BCUT2D eigenvalue weighted by Crippen LogP contribution is -1.97. The Bertz CT molecular complexity index is 634. The zero-order valence-corrected chi connectivity index (χ0v) is 10.1. The van der Waals surface area contributed by atoms with Gasteiger partial charge in [-0.3, -0.25) is 4.98 Å². The van der Waals surface area contributed by atoms with Crippen molar-refractivity contribution in [1.82, 2.24) is 4.98 Å². The van der Waals surface area contributed by atoms with Crippen molar-refractivity contribution in [2.45, 2.75) is 4.90 Å². The van der Waals surface area contributed by atoms with Crippen LogP contribution in [0, 0.1) is 0 Å². The van der Waals surface area contributed by atoms with E-state index in [0.29, 0.717) is 11.4 Å². The van der Waals surface area contributed by atoms with E-state index in [0.717, 1.165) is 5.56 Å². The van der Waals surface area contributed by atoms with Gasteiger partial charge in [-0.25, -0.2) is 8.42 Å². The van der Waals surface area contributed by atoms with Gasteiger partial charge in [-0.1, -0.05) is 12.1 Å². The summed E-state index contributed by atoms with van der Waals surface area (Å²) >= 11 is 0. The van der Waals surface area contributed by atoms with E-state index in [2.05, 4.69) is 4.98 Å². The number of pyridine rings is 1. The minimum absolute atomic E-state index is 0.288. The second kappa shape index (κ2) is 4.18. The Balaban J connectivity index is 2.47. The molecule has 0 radical (unpaired) electrons. The van der Waals surface area contributed by atoms with Gasteiger partial charge in [0.15, 0.2) is 9.84 Å². The summed E-state index contributed by atoms with van der Waals surface area (Å²) in [5.74, 6) is 0. The van der Waals surface area contributed by atoms with Crippen molar-refractivity contribution in [3.8, 4) is 11.3 Å². The van der Waals surface area contributed by atoms with Gasteiger partial charge in [0.1, 0.15) is 0 Å². The number of hydrogen-bond donors (Lipinski definition) is 1. The van der Waals surface area contributed by atoms with E-state index < -0.39 is 9.84 Å². The molecule has 88 valence electrons. The monoisotopic (exact) mass is 248 g/mol. The summed E-state index contributed by atoms with van der Waals surface area (Å²) in [6.45, 7) is 0. The number of hydrogen-bond acceptors (Lipinski definition) is 4. The molecule has 1 heterocycles. The zero-order valence-electron chi connectivity index (χ0n) is 9.29. The first-order valence-corrected chi connectivity index (χ1v) is 6.88. The van der Waals surface area contributed by atoms with Gasteiger partial charge in [0.05, 0.1) is 16.3 Å². The van der Waals surface area contributed by atoms with Crippen LogP contribution in [0.5, 0.6) is 0 Å². The summed E-state index contributed by atoms with van der Waals surface area (Å²) in [6, 6.07) is 10.0. The lowest BCUT2D eigenvalue weighted by molar-refractivity contribution is 0.602. The molecule has 5 heteroatoms. The number of nitrogens with zero attached hydrogens (tertiary/aromatic N) is 1. The molecule has 2 aromatic rings. The molecular weight excluding hydrogens is 236 g/mol. The number of anilines is 1. The van der Waals surface area contributed by atoms with Crippen molar-refractivity contribution in [3.63, 3.8) is 0 Å². The summed E-state index contributed by atoms with van der Waals surface area (Å²) in [4.78, 5) is 4.45. The van der Waals surface area contributed by atoms with E-state index in [1.807, 2.05) is 0 Å². The van der Waals surface area contributed by atoms with Gasteiger partial charge in [-0.05, 0) is 24.3 Å². The molecule has 2 rings (SSSR count). The number of nitrogen functional groups attached to an aromatic ring is 1. The third-order valence-electron chi connectivity index (χ3n) is 2.39. The van der Waals surface area contributed by atoms with Gasteiger partial charge in [0.25, 0.3) is 0 Å². The first-order chi connectivity index (χ1) is 7.98. The fourth-order valence-electron chi connectivity index (χ4n) is 1.52. The van der Waals surface area contributed by atoms with Crippen molar-refractivity contribution in [1.29, 1.82) is 0 Å². The molecule has 0 aliphatic carbocycles. The first kappa shape index (κ1) is 11.6. The highest BCUT2D eigenvalue weighted by atomic mass is 32.2. The SMILES string of the molecule is CS(=O)(=O)c1ccc(-c2ncccc2N)cc1. The highest BCUT2D eigenvalue weighted by Gasteiger charge is 2.08. The van der Waals surface area contributed by atoms with E-state index >= 15 is 0 Å². The van der Waals surface area contributed by atoms with Crippen LogP contribution in [0.3, 0.4) is 0 Å². The van der Waals surface area contributed by atoms with E-state index in [1.54, 1.807) is 42.6 Å². The van der Waals surface area contributed by atoms with Crippen LogP contribution in [0.15, 0.2) is 47.5 Å². The van der Waals surface area contributed by atoms with Gasteiger partial charge in [-0.2, -0.15) is 0 Å². The van der Waals surface area contributed by atoms with Crippen LogP contribution in [0.25, 0.3) is 11.3 Å². The molecule has 0 aliphatic rings. The lowest BCUT2D eigenvalue weighted by atomic mass is 10.1. The normalized spacial score (nSPS) is 11.4. The summed E-state index contributed by atoms with van der Waals surface area (Å²) in [6.07, 6.45) is 2.83. The van der Waals surface area contributed by atoms with Gasteiger partial charge in [-0.15, -0.1) is 0 Å². The van der Waals surface area contributed by atoms with Crippen LogP contribution in [0.4, 0.5) is 5.69 Å². The summed E-state index contributed by atoms with van der Waals surface area (Å²) in [5.41, 5.74) is 7.83. The van der Waals surface area contributed by atoms with Crippen LogP contribution in [0.1, 0.15) is 0 Å². The molecule has 0 amide bonds. The highest BCUT2D eigenvalue weighted by Crippen LogP contribution is 2.23. The van der Waals surface area contributed by atoms with Crippen LogP contribution < -0.4 is 5.73 Å². The van der Waals surface area contributed by atoms with E-state index in [1.165, 1.54) is 6.26 Å². The molecule has 4 nitrogen and oxygen atoms in total. The molecular formula is C12H12N2O2S. The highest BCUT2D eigenvalue weighted by molar-refractivity contribution is 7.90. The zero-order chi connectivity index (χ0) is 12.5. The van der Waals surface area contributed by atoms with E-state index in [-0.39, 0.29) is 4.90 Å². The number of nitrogens with two attached hydrogens (primary N) is 1. The summed E-state index contributed by atoms with van der Waals surface area (Å²) in [5, 5.41) is 0. The molecule has 0 atom stereocenters. The average molecular weight is 248 g/mol. The van der Waals surface area contributed by atoms with Gasteiger partial charge in [0.2, 0.25) is 0 Å². The first-order valence-electron chi connectivity index (χ1n) is 4.99. The molecule has 1 aromatic heterocycles. The molecule has 17 heavy (non-hydrogen) atoms. The minimum Gasteiger partial charge on any atom is -0.397 e. The Hall–Kier alpha value is -1.88. The Labute approximate surface area is 100 Å². The third kappa shape index (κ3) is 2.45. The fraction of sp³-hybridized carbons (Fsp3) is 0.0833. The molecule has 0 spiro atoms. The predicted octanol–water partition coefficient (Wildman–Crippen LogP) is 1.73. The number of benzene rings is 1. The predicted molar refractivity (Wildman–Crippen MR) is 67.2 cm³/mol. The maximum absolute atomic E-state index is 11.3. The standard InChI is InChI=1S/C12H12N2O2S/c1-17(15,16)10-6-4-9(5-7-10)12-11(13)3-2-8-14-12/h2-8H,13H2,1H3. The van der Waals surface area contributed by atoms with Crippen LogP contribution >= 0.6 is 0 Å². The second-order valence-corrected chi connectivity index (χ2v) is 5.75. The van der Waals surface area contributed by atoms with Gasteiger partial charge < -0.3 is 5.73 Å². The Morgan fingerprint density at radius 3 is 2.29 bits per heavy atom. The maximum atomic E-state index is 11.3. The number of rotatable bonds is 2. The maximum Gasteiger partial charge on any atom is 0.175 e. The average Bonchev–Trinajstić information content (AvgIpc) is 2.29. The quantitative estimate of drug-likeness (QED) is 0.878. The van der Waals surface area contributed by atoms with Crippen molar-refractivity contribution in [2.24, 2.45) is 0 Å². The molecule has 0 unspecified atom stereocenters. The molecule has 0 fully saturated rings. The molecule has 2 N–H and O–H groups in total. The van der Waals surface area contributed by atoms with E-state index in [9.17, 15) is 8.42 Å². The van der Waals surface area contributed by atoms with Gasteiger partial charge in [0, 0.05) is 18.0 Å². The number of sulfone groups is 1. The van der Waals surface area contributed by atoms with Gasteiger partial charge >= 0.3 is 0 Å². The molecule has 0 saturated heterocycles.